The van der Waals surface area contributed by atoms with Gasteiger partial charge < -0.3 is 10.7 Å². The van der Waals surface area contributed by atoms with Crippen molar-refractivity contribution in [3.8, 4) is 0 Å². The van der Waals surface area contributed by atoms with Crippen molar-refractivity contribution < 1.29 is 4.79 Å². The summed E-state index contributed by atoms with van der Waals surface area (Å²) in [6.45, 7) is 0. The topological polar surface area (TPSA) is 58.9 Å². The minimum absolute atomic E-state index is 0.243. The number of carbonyl (C=O) groups is 1. The van der Waals surface area contributed by atoms with E-state index in [0.29, 0.717) is 9.66 Å². The zero-order valence-electron chi connectivity index (χ0n) is 5.43. The second kappa shape index (κ2) is 3.02. The lowest BCUT2D eigenvalue weighted by molar-refractivity contribution is 0.0999. The first-order chi connectivity index (χ1) is 5.11. The number of rotatable bonds is 1. The van der Waals surface area contributed by atoms with Gasteiger partial charge in [-0.25, -0.2) is 0 Å². The second-order valence-corrected chi connectivity index (χ2v) is 2.77. The average Bonchev–Trinajstić information content (AvgIpc) is 1.94. The van der Waals surface area contributed by atoms with Gasteiger partial charge in [0, 0.05) is 6.20 Å². The standard InChI is InChI=1S/C6H5ClN2OS/c7-3-1-4(5(8)10)6(11)9-2-3/h1-2H,(H2,8,10)(H,9,11). The molecule has 1 aromatic heterocycles. The third kappa shape index (κ3) is 1.78. The number of aromatic nitrogens is 1. The zero-order valence-corrected chi connectivity index (χ0v) is 7.00. The predicted octanol–water partition coefficient (Wildman–Crippen LogP) is 1.50. The maximum atomic E-state index is 10.7. The van der Waals surface area contributed by atoms with Crippen molar-refractivity contribution in [2.75, 3.05) is 0 Å². The minimum atomic E-state index is -0.575. The van der Waals surface area contributed by atoms with E-state index in [1.807, 2.05) is 0 Å². The molecule has 0 radical (unpaired) electrons. The second-order valence-electron chi connectivity index (χ2n) is 1.92. The Hall–Kier alpha value is -0.870. The summed E-state index contributed by atoms with van der Waals surface area (Å²) in [6.07, 6.45) is 1.50. The highest BCUT2D eigenvalue weighted by Gasteiger charge is 2.02. The lowest BCUT2D eigenvalue weighted by Gasteiger charge is -1.95. The van der Waals surface area contributed by atoms with Crippen LogP contribution in [0.25, 0.3) is 0 Å². The Bertz CT molecular complexity index is 347. The third-order valence-corrected chi connectivity index (χ3v) is 1.69. The molecular formula is C6H5ClN2OS. The van der Waals surface area contributed by atoms with Crippen LogP contribution < -0.4 is 5.73 Å². The molecule has 0 unspecified atom stereocenters. The predicted molar refractivity (Wildman–Crippen MR) is 45.2 cm³/mol. The first-order valence-electron chi connectivity index (χ1n) is 2.79. The molecule has 1 heterocycles. The maximum Gasteiger partial charge on any atom is 0.251 e. The van der Waals surface area contributed by atoms with Crippen LogP contribution in [0.5, 0.6) is 0 Å². The monoisotopic (exact) mass is 188 g/mol. The summed E-state index contributed by atoms with van der Waals surface area (Å²) >= 11 is 10.3. The summed E-state index contributed by atoms with van der Waals surface area (Å²) in [5.41, 5.74) is 5.24. The number of nitrogens with two attached hydrogens (primary N) is 1. The molecule has 11 heavy (non-hydrogen) atoms. The Morgan fingerprint density at radius 2 is 2.36 bits per heavy atom. The van der Waals surface area contributed by atoms with Gasteiger partial charge in [0.1, 0.15) is 4.64 Å². The van der Waals surface area contributed by atoms with E-state index in [4.69, 9.17) is 29.6 Å². The number of nitrogens with one attached hydrogen (secondary N) is 1. The number of hydrogen-bond donors (Lipinski definition) is 2. The van der Waals surface area contributed by atoms with Crippen LogP contribution in [0.1, 0.15) is 10.4 Å². The van der Waals surface area contributed by atoms with Crippen molar-refractivity contribution in [2.24, 2.45) is 5.73 Å². The molecule has 0 spiro atoms. The van der Waals surface area contributed by atoms with Crippen molar-refractivity contribution in [3.63, 3.8) is 0 Å². The summed E-state index contributed by atoms with van der Waals surface area (Å²) in [4.78, 5) is 13.3. The summed E-state index contributed by atoms with van der Waals surface area (Å²) in [5, 5.41) is 0.410. The minimum Gasteiger partial charge on any atom is -0.366 e. The number of carbonyl (C=O) groups excluding carboxylic acids is 1. The molecule has 3 nitrogen and oxygen atoms in total. The molecule has 1 aromatic rings. The molecule has 0 bridgehead atoms. The van der Waals surface area contributed by atoms with Crippen molar-refractivity contribution in [3.05, 3.63) is 27.5 Å². The molecular weight excluding hydrogens is 184 g/mol. The average molecular weight is 189 g/mol. The highest BCUT2D eigenvalue weighted by atomic mass is 35.5. The zero-order chi connectivity index (χ0) is 8.43. The van der Waals surface area contributed by atoms with Gasteiger partial charge in [-0.15, -0.1) is 0 Å². The molecule has 5 heteroatoms. The van der Waals surface area contributed by atoms with Gasteiger partial charge in [-0.3, -0.25) is 4.79 Å². The molecule has 0 aliphatic heterocycles. The van der Waals surface area contributed by atoms with E-state index in [9.17, 15) is 4.79 Å². The summed E-state index contributed by atoms with van der Waals surface area (Å²) in [6, 6.07) is 1.43. The Labute approximate surface area is 73.2 Å². The SMILES string of the molecule is NC(=O)c1cc(Cl)c[nH]c1=S. The molecule has 0 saturated heterocycles. The van der Waals surface area contributed by atoms with Crippen LogP contribution in [0.4, 0.5) is 0 Å². The van der Waals surface area contributed by atoms with E-state index < -0.39 is 5.91 Å². The normalized spacial score (nSPS) is 9.55. The van der Waals surface area contributed by atoms with E-state index in [2.05, 4.69) is 4.98 Å². The Morgan fingerprint density at radius 3 is 2.82 bits per heavy atom. The van der Waals surface area contributed by atoms with Crippen molar-refractivity contribution >= 4 is 29.7 Å². The highest BCUT2D eigenvalue weighted by Crippen LogP contribution is 2.09. The van der Waals surface area contributed by atoms with Gasteiger partial charge >= 0.3 is 0 Å². The number of H-pyrrole nitrogens is 1. The van der Waals surface area contributed by atoms with Gasteiger partial charge in [0.05, 0.1) is 10.6 Å². The van der Waals surface area contributed by atoms with Crippen LogP contribution in [0.3, 0.4) is 0 Å². The molecule has 3 N–H and O–H groups in total. The molecule has 0 saturated carbocycles. The Morgan fingerprint density at radius 1 is 1.73 bits per heavy atom. The van der Waals surface area contributed by atoms with Crippen LogP contribution in [0.15, 0.2) is 12.3 Å². The lowest BCUT2D eigenvalue weighted by atomic mass is 10.3. The first-order valence-corrected chi connectivity index (χ1v) is 3.58. The third-order valence-electron chi connectivity index (χ3n) is 1.13. The molecule has 0 fully saturated rings. The number of primary amides is 1. The number of hydrogen-bond acceptors (Lipinski definition) is 2. The number of amides is 1. The lowest BCUT2D eigenvalue weighted by Crippen LogP contribution is -2.11. The van der Waals surface area contributed by atoms with Crippen molar-refractivity contribution in [1.29, 1.82) is 0 Å². The largest absolute Gasteiger partial charge is 0.366 e. The first kappa shape index (κ1) is 8.23. The van der Waals surface area contributed by atoms with Gasteiger partial charge in [0.2, 0.25) is 0 Å². The molecule has 0 aromatic carbocycles. The highest BCUT2D eigenvalue weighted by molar-refractivity contribution is 7.71. The van der Waals surface area contributed by atoms with Crippen molar-refractivity contribution in [1.82, 2.24) is 4.98 Å². The molecule has 1 rings (SSSR count). The van der Waals surface area contributed by atoms with Crippen LogP contribution in [-0.4, -0.2) is 10.9 Å². The van der Waals surface area contributed by atoms with Gasteiger partial charge in [-0.1, -0.05) is 23.8 Å². The van der Waals surface area contributed by atoms with Crippen molar-refractivity contribution in [2.45, 2.75) is 0 Å². The number of pyridine rings is 1. The number of aromatic amines is 1. The summed E-state index contributed by atoms with van der Waals surface area (Å²) in [5.74, 6) is -0.575. The Balaban J connectivity index is 3.35. The summed E-state index contributed by atoms with van der Waals surface area (Å²) < 4.78 is 0.307. The van der Waals surface area contributed by atoms with Crippen LogP contribution in [0.2, 0.25) is 5.02 Å². The molecule has 0 aliphatic rings. The smallest absolute Gasteiger partial charge is 0.251 e. The van der Waals surface area contributed by atoms with Gasteiger partial charge in [0.25, 0.3) is 5.91 Å². The van der Waals surface area contributed by atoms with E-state index in [-0.39, 0.29) is 5.56 Å². The quantitative estimate of drug-likeness (QED) is 0.657. The Kier molecular flexibility index (Phi) is 2.26. The van der Waals surface area contributed by atoms with Crippen LogP contribution >= 0.6 is 23.8 Å². The fourth-order valence-electron chi connectivity index (χ4n) is 0.640. The fraction of sp³-hybridized carbons (Fsp3) is 0. The van der Waals surface area contributed by atoms with Crippen LogP contribution in [-0.2, 0) is 0 Å². The van der Waals surface area contributed by atoms with Gasteiger partial charge in [-0.05, 0) is 6.07 Å². The van der Waals surface area contributed by atoms with E-state index in [1.54, 1.807) is 0 Å². The number of halogens is 1. The van der Waals surface area contributed by atoms with E-state index in [1.165, 1.54) is 12.3 Å². The van der Waals surface area contributed by atoms with Gasteiger partial charge in [-0.2, -0.15) is 0 Å². The molecule has 58 valence electrons. The van der Waals surface area contributed by atoms with Gasteiger partial charge in [0.15, 0.2) is 0 Å². The fourth-order valence-corrected chi connectivity index (χ4v) is 1.02. The van der Waals surface area contributed by atoms with E-state index >= 15 is 0 Å². The summed E-state index contributed by atoms with van der Waals surface area (Å²) in [7, 11) is 0. The van der Waals surface area contributed by atoms with E-state index in [0.717, 1.165) is 0 Å². The molecule has 1 amide bonds. The molecule has 0 aliphatic carbocycles. The maximum absolute atomic E-state index is 10.7. The molecule has 0 atom stereocenters. The van der Waals surface area contributed by atoms with Crippen LogP contribution in [0, 0.1) is 4.64 Å².